The van der Waals surface area contributed by atoms with Gasteiger partial charge in [-0.25, -0.2) is 23.2 Å². The second-order valence-corrected chi connectivity index (χ2v) is 9.34. The van der Waals surface area contributed by atoms with E-state index in [0.29, 0.717) is 28.0 Å². The third kappa shape index (κ3) is 5.31. The molecule has 0 saturated heterocycles. The number of fused-ring (bicyclic) bond motifs is 1. The smallest absolute Gasteiger partial charge is 0.336 e. The normalized spacial score (nSPS) is 11.0. The number of aromatic carboxylic acids is 1. The fourth-order valence-electron chi connectivity index (χ4n) is 3.40. The molecular weight excluding hydrogens is 482 g/mol. The summed E-state index contributed by atoms with van der Waals surface area (Å²) in [5.41, 5.74) is 2.22. The molecule has 0 aliphatic rings. The Bertz CT molecular complexity index is 1600. The average molecular weight is 504 g/mol. The van der Waals surface area contributed by atoms with Gasteiger partial charge in [0.1, 0.15) is 0 Å². The van der Waals surface area contributed by atoms with Crippen LogP contribution >= 0.6 is 0 Å². The largest absolute Gasteiger partial charge is 0.478 e. The number of para-hydroxylation sites is 2. The van der Waals surface area contributed by atoms with Crippen molar-refractivity contribution in [3.05, 3.63) is 84.4 Å². The summed E-state index contributed by atoms with van der Waals surface area (Å²) in [5.74, 6) is -1.42. The van der Waals surface area contributed by atoms with Gasteiger partial charge in [0.15, 0.2) is 11.6 Å². The molecule has 0 saturated carbocycles. The molecule has 36 heavy (non-hydrogen) atoms. The first-order valence-electron chi connectivity index (χ1n) is 10.6. The van der Waals surface area contributed by atoms with Crippen molar-refractivity contribution in [3.63, 3.8) is 0 Å². The molecule has 1 amide bonds. The number of nitrogens with zero attached hydrogens (tertiary/aromatic N) is 2. The molecule has 4 N–H and O–H groups in total. The molecule has 4 rings (SSSR count). The molecule has 11 heteroatoms. The first-order valence-corrected chi connectivity index (χ1v) is 12.1. The lowest BCUT2D eigenvalue weighted by atomic mass is 10.1. The van der Waals surface area contributed by atoms with Crippen molar-refractivity contribution < 1.29 is 23.1 Å². The summed E-state index contributed by atoms with van der Waals surface area (Å²) >= 11 is 0. The molecule has 3 aromatic carbocycles. The molecule has 0 atom stereocenters. The van der Waals surface area contributed by atoms with Gasteiger partial charge in [-0.1, -0.05) is 30.9 Å². The summed E-state index contributed by atoms with van der Waals surface area (Å²) in [6, 6.07) is 17.2. The number of carbonyl (C=O) groups excluding carboxylic acids is 1. The monoisotopic (exact) mass is 503 g/mol. The minimum Gasteiger partial charge on any atom is -0.478 e. The van der Waals surface area contributed by atoms with Gasteiger partial charge in [-0.15, -0.1) is 0 Å². The third-order valence-corrected chi connectivity index (χ3v) is 6.41. The van der Waals surface area contributed by atoms with E-state index in [4.69, 9.17) is 0 Å². The Hall–Kier alpha value is -4.77. The Morgan fingerprint density at radius 2 is 1.53 bits per heavy atom. The van der Waals surface area contributed by atoms with Crippen LogP contribution in [0.3, 0.4) is 0 Å². The number of carboxylic acid groups (broad SMARTS) is 1. The number of amides is 1. The maximum atomic E-state index is 13.1. The number of rotatable bonds is 8. The predicted octanol–water partition coefficient (Wildman–Crippen LogP) is 4.47. The SMILES string of the molecule is C=Cc1ccc(Nc2nc3ccccc3nc2NS(=O)(=O)c2ccc(NC(C)=O)cc2)cc1C(=O)O. The van der Waals surface area contributed by atoms with Crippen LogP contribution in [0.5, 0.6) is 0 Å². The summed E-state index contributed by atoms with van der Waals surface area (Å²) in [5, 5.41) is 15.1. The maximum absolute atomic E-state index is 13.1. The van der Waals surface area contributed by atoms with Crippen molar-refractivity contribution >= 4 is 62.0 Å². The highest BCUT2D eigenvalue weighted by Gasteiger charge is 2.20. The molecule has 4 aromatic rings. The second kappa shape index (κ2) is 9.84. The van der Waals surface area contributed by atoms with Crippen LogP contribution in [-0.4, -0.2) is 35.4 Å². The quantitative estimate of drug-likeness (QED) is 0.275. The number of anilines is 4. The van der Waals surface area contributed by atoms with Gasteiger partial charge in [-0.3, -0.25) is 9.52 Å². The second-order valence-electron chi connectivity index (χ2n) is 7.66. The van der Waals surface area contributed by atoms with Crippen LogP contribution in [0, 0.1) is 0 Å². The van der Waals surface area contributed by atoms with Gasteiger partial charge in [-0.05, 0) is 54.1 Å². The van der Waals surface area contributed by atoms with E-state index in [9.17, 15) is 23.1 Å². The standard InChI is InChI=1S/C25H21N5O5S/c1-3-16-8-9-18(14-20(16)25(32)33)27-23-24(29-22-7-5-4-6-21(22)28-23)30-36(34,35)19-12-10-17(11-13-19)26-15(2)31/h3-14H,1H2,2H3,(H,26,31)(H,27,28)(H,29,30)(H,32,33). The summed E-state index contributed by atoms with van der Waals surface area (Å²) in [7, 11) is -4.09. The van der Waals surface area contributed by atoms with Crippen molar-refractivity contribution in [2.45, 2.75) is 11.8 Å². The Labute approximate surface area is 206 Å². The summed E-state index contributed by atoms with van der Waals surface area (Å²) in [6.07, 6.45) is 1.43. The van der Waals surface area contributed by atoms with Gasteiger partial charge in [0.25, 0.3) is 10.0 Å². The number of carboxylic acids is 1. The molecule has 0 radical (unpaired) electrons. The highest BCUT2D eigenvalue weighted by atomic mass is 32.2. The van der Waals surface area contributed by atoms with Crippen LogP contribution < -0.4 is 15.4 Å². The number of benzene rings is 3. The number of hydrogen-bond donors (Lipinski definition) is 4. The Morgan fingerprint density at radius 1 is 0.917 bits per heavy atom. The molecule has 10 nitrogen and oxygen atoms in total. The van der Waals surface area contributed by atoms with E-state index in [0.717, 1.165) is 0 Å². The van der Waals surface area contributed by atoms with E-state index in [1.54, 1.807) is 36.4 Å². The first kappa shape index (κ1) is 24.4. The van der Waals surface area contributed by atoms with Crippen molar-refractivity contribution in [1.82, 2.24) is 9.97 Å². The average Bonchev–Trinajstić information content (AvgIpc) is 2.84. The van der Waals surface area contributed by atoms with Gasteiger partial charge < -0.3 is 15.7 Å². The van der Waals surface area contributed by atoms with E-state index >= 15 is 0 Å². The summed E-state index contributed by atoms with van der Waals surface area (Å²) < 4.78 is 28.7. The van der Waals surface area contributed by atoms with Gasteiger partial charge >= 0.3 is 5.97 Å². The minimum atomic E-state index is -4.09. The highest BCUT2D eigenvalue weighted by molar-refractivity contribution is 7.92. The summed E-state index contributed by atoms with van der Waals surface area (Å²) in [4.78, 5) is 31.7. The van der Waals surface area contributed by atoms with Crippen molar-refractivity contribution in [3.8, 4) is 0 Å². The van der Waals surface area contributed by atoms with Gasteiger partial charge in [0, 0.05) is 18.3 Å². The van der Waals surface area contributed by atoms with E-state index < -0.39 is 16.0 Å². The minimum absolute atomic E-state index is 0.0186. The number of aromatic nitrogens is 2. The van der Waals surface area contributed by atoms with E-state index in [-0.39, 0.29) is 28.0 Å². The number of nitrogens with one attached hydrogen (secondary N) is 3. The van der Waals surface area contributed by atoms with Crippen molar-refractivity contribution in [2.75, 3.05) is 15.4 Å². The maximum Gasteiger partial charge on any atom is 0.336 e. The molecule has 1 heterocycles. The summed E-state index contributed by atoms with van der Waals surface area (Å²) in [6.45, 7) is 4.97. The molecule has 182 valence electrons. The molecule has 0 aliphatic carbocycles. The number of sulfonamides is 1. The molecule has 0 bridgehead atoms. The molecule has 0 aliphatic heterocycles. The van der Waals surface area contributed by atoms with Crippen molar-refractivity contribution in [2.24, 2.45) is 0 Å². The molecular formula is C25H21N5O5S. The van der Waals surface area contributed by atoms with Gasteiger partial charge in [-0.2, -0.15) is 0 Å². The van der Waals surface area contributed by atoms with Crippen molar-refractivity contribution in [1.29, 1.82) is 0 Å². The topological polar surface area (TPSA) is 150 Å². The predicted molar refractivity (Wildman–Crippen MR) is 138 cm³/mol. The Balaban J connectivity index is 1.73. The number of hydrogen-bond acceptors (Lipinski definition) is 7. The van der Waals surface area contributed by atoms with Crippen LogP contribution in [0.2, 0.25) is 0 Å². The van der Waals surface area contributed by atoms with Crippen LogP contribution in [0.25, 0.3) is 17.1 Å². The lowest BCUT2D eigenvalue weighted by molar-refractivity contribution is -0.114. The molecule has 0 fully saturated rings. The van der Waals surface area contributed by atoms with E-state index in [1.165, 1.54) is 43.3 Å². The van der Waals surface area contributed by atoms with E-state index in [2.05, 4.69) is 31.9 Å². The molecule has 0 spiro atoms. The molecule has 0 unspecified atom stereocenters. The van der Waals surface area contributed by atoms with Gasteiger partial charge in [0.2, 0.25) is 5.91 Å². The Morgan fingerprint density at radius 3 is 2.11 bits per heavy atom. The van der Waals surface area contributed by atoms with Crippen LogP contribution in [0.4, 0.5) is 23.0 Å². The zero-order valence-electron chi connectivity index (χ0n) is 19.0. The molecule has 1 aromatic heterocycles. The van der Waals surface area contributed by atoms with Gasteiger partial charge in [0.05, 0.1) is 21.5 Å². The highest BCUT2D eigenvalue weighted by Crippen LogP contribution is 2.28. The zero-order valence-corrected chi connectivity index (χ0v) is 19.8. The number of carbonyl (C=O) groups is 2. The third-order valence-electron chi connectivity index (χ3n) is 5.05. The van der Waals surface area contributed by atoms with Crippen LogP contribution in [0.15, 0.2) is 78.2 Å². The van der Waals surface area contributed by atoms with E-state index in [1.807, 2.05) is 0 Å². The lowest BCUT2D eigenvalue weighted by Crippen LogP contribution is -2.16. The fourth-order valence-corrected chi connectivity index (χ4v) is 4.41. The Kier molecular flexibility index (Phi) is 6.66. The lowest BCUT2D eigenvalue weighted by Gasteiger charge is -2.15. The van der Waals surface area contributed by atoms with Crippen LogP contribution in [-0.2, 0) is 14.8 Å². The first-order chi connectivity index (χ1) is 17.2. The zero-order chi connectivity index (χ0) is 25.9. The fraction of sp³-hybridized carbons (Fsp3) is 0.0400. The van der Waals surface area contributed by atoms with Crippen LogP contribution in [0.1, 0.15) is 22.8 Å².